The fourth-order valence-corrected chi connectivity index (χ4v) is 2.13. The molecule has 19 heavy (non-hydrogen) atoms. The number of hydrogen-bond acceptors (Lipinski definition) is 1. The monoisotopic (exact) mass is 269 g/mol. The Morgan fingerprint density at radius 3 is 2.47 bits per heavy atom. The average molecular weight is 269 g/mol. The smallest absolute Gasteiger partial charge is 0.149 e. The summed E-state index contributed by atoms with van der Waals surface area (Å²) in [4.78, 5) is 0. The second-order valence-electron chi connectivity index (χ2n) is 5.60. The summed E-state index contributed by atoms with van der Waals surface area (Å²) in [7, 11) is 0. The minimum absolute atomic E-state index is 0.163. The van der Waals surface area contributed by atoms with Crippen molar-refractivity contribution in [3.05, 3.63) is 29.8 Å². The van der Waals surface area contributed by atoms with Crippen LogP contribution in [0, 0.1) is 17.0 Å². The van der Waals surface area contributed by atoms with Gasteiger partial charge in [0.2, 0.25) is 0 Å². The summed E-state index contributed by atoms with van der Waals surface area (Å²) in [6.45, 7) is 7.29. The summed E-state index contributed by atoms with van der Waals surface area (Å²) < 4.78 is 26.4. The van der Waals surface area contributed by atoms with Gasteiger partial charge in [0, 0.05) is 12.6 Å². The van der Waals surface area contributed by atoms with E-state index in [0.29, 0.717) is 5.69 Å². The van der Waals surface area contributed by atoms with Crippen LogP contribution < -0.4 is 5.32 Å². The highest BCUT2D eigenvalue weighted by Gasteiger charge is 2.21. The molecule has 1 N–H and O–H groups in total. The van der Waals surface area contributed by atoms with Crippen LogP contribution in [0.2, 0.25) is 0 Å². The number of benzene rings is 1. The van der Waals surface area contributed by atoms with E-state index in [1.165, 1.54) is 31.4 Å². The van der Waals surface area contributed by atoms with E-state index in [4.69, 9.17) is 0 Å². The van der Waals surface area contributed by atoms with Gasteiger partial charge in [-0.05, 0) is 30.4 Å². The molecule has 0 spiro atoms. The third-order valence-corrected chi connectivity index (χ3v) is 3.87. The molecule has 1 nitrogen and oxygen atoms in total. The van der Waals surface area contributed by atoms with Gasteiger partial charge in [-0.3, -0.25) is 0 Å². The molecule has 0 heterocycles. The Labute approximate surface area is 115 Å². The van der Waals surface area contributed by atoms with Gasteiger partial charge in [-0.25, -0.2) is 8.78 Å². The molecule has 0 fully saturated rings. The largest absolute Gasteiger partial charge is 0.382 e. The highest BCUT2D eigenvalue weighted by Crippen LogP contribution is 2.29. The van der Waals surface area contributed by atoms with Crippen molar-refractivity contribution < 1.29 is 8.78 Å². The van der Waals surface area contributed by atoms with E-state index in [2.05, 4.69) is 26.1 Å². The number of halogens is 2. The van der Waals surface area contributed by atoms with Gasteiger partial charge in [0.25, 0.3) is 0 Å². The molecule has 1 aromatic carbocycles. The first kappa shape index (κ1) is 15.9. The van der Waals surface area contributed by atoms with Crippen molar-refractivity contribution in [1.82, 2.24) is 0 Å². The maximum Gasteiger partial charge on any atom is 0.149 e. The lowest BCUT2D eigenvalue weighted by Gasteiger charge is -2.29. The van der Waals surface area contributed by atoms with Gasteiger partial charge in [-0.15, -0.1) is 0 Å². The van der Waals surface area contributed by atoms with Crippen LogP contribution in [-0.2, 0) is 0 Å². The number of anilines is 1. The molecular formula is C16H25F2N. The van der Waals surface area contributed by atoms with Crippen molar-refractivity contribution in [2.75, 3.05) is 11.9 Å². The van der Waals surface area contributed by atoms with Crippen molar-refractivity contribution in [2.24, 2.45) is 5.41 Å². The van der Waals surface area contributed by atoms with Gasteiger partial charge in [0.1, 0.15) is 11.6 Å². The Balaban J connectivity index is 2.56. The second kappa shape index (κ2) is 7.46. The van der Waals surface area contributed by atoms with Crippen molar-refractivity contribution in [1.29, 1.82) is 0 Å². The zero-order chi connectivity index (χ0) is 14.3. The predicted molar refractivity (Wildman–Crippen MR) is 77.4 cm³/mol. The van der Waals surface area contributed by atoms with E-state index in [0.717, 1.165) is 25.5 Å². The van der Waals surface area contributed by atoms with Crippen LogP contribution >= 0.6 is 0 Å². The second-order valence-corrected chi connectivity index (χ2v) is 5.60. The first-order valence-corrected chi connectivity index (χ1v) is 7.19. The molecule has 1 atom stereocenters. The average Bonchev–Trinajstić information content (AvgIpc) is 2.38. The highest BCUT2D eigenvalue weighted by atomic mass is 19.1. The van der Waals surface area contributed by atoms with Crippen LogP contribution in [0.3, 0.4) is 0 Å². The normalized spacial score (nSPS) is 14.2. The molecule has 0 aliphatic carbocycles. The molecule has 0 aromatic heterocycles. The summed E-state index contributed by atoms with van der Waals surface area (Å²) >= 11 is 0. The number of rotatable bonds is 8. The Kier molecular flexibility index (Phi) is 6.26. The Morgan fingerprint density at radius 1 is 1.16 bits per heavy atom. The van der Waals surface area contributed by atoms with Crippen molar-refractivity contribution in [2.45, 2.75) is 52.9 Å². The molecule has 0 saturated carbocycles. The van der Waals surface area contributed by atoms with E-state index in [9.17, 15) is 8.78 Å². The lowest BCUT2D eigenvalue weighted by Crippen LogP contribution is -2.26. The zero-order valence-electron chi connectivity index (χ0n) is 12.2. The maximum atomic E-state index is 13.5. The molecule has 0 saturated heterocycles. The lowest BCUT2D eigenvalue weighted by molar-refractivity contribution is 0.293. The quantitative estimate of drug-likeness (QED) is 0.625. The standard InChI is InChI=1S/C16H25F2N/c1-4-6-7-10-16(3,5-2)12-19-15-9-8-13(17)11-14(15)18/h8-9,11,19H,4-7,10,12H2,1-3H3. The first-order valence-electron chi connectivity index (χ1n) is 7.19. The van der Waals surface area contributed by atoms with Gasteiger partial charge < -0.3 is 5.32 Å². The number of nitrogens with one attached hydrogen (secondary N) is 1. The molecule has 1 aromatic rings. The molecular weight excluding hydrogens is 244 g/mol. The Hall–Kier alpha value is -1.12. The Morgan fingerprint density at radius 2 is 1.89 bits per heavy atom. The SMILES string of the molecule is CCCCCC(C)(CC)CNc1ccc(F)cc1F. The summed E-state index contributed by atoms with van der Waals surface area (Å²) in [6, 6.07) is 3.67. The molecule has 1 rings (SSSR count). The van der Waals surface area contributed by atoms with Crippen LogP contribution in [-0.4, -0.2) is 6.54 Å². The zero-order valence-corrected chi connectivity index (χ0v) is 12.2. The molecule has 3 heteroatoms. The van der Waals surface area contributed by atoms with Crippen LogP contribution in [0.15, 0.2) is 18.2 Å². The van der Waals surface area contributed by atoms with Crippen LogP contribution in [0.5, 0.6) is 0 Å². The van der Waals surface area contributed by atoms with Crippen LogP contribution in [0.1, 0.15) is 52.9 Å². The van der Waals surface area contributed by atoms with Gasteiger partial charge in [-0.1, -0.05) is 40.0 Å². The predicted octanol–water partition coefficient (Wildman–Crippen LogP) is 5.37. The van der Waals surface area contributed by atoms with Gasteiger partial charge in [0.15, 0.2) is 0 Å². The fraction of sp³-hybridized carbons (Fsp3) is 0.625. The minimum atomic E-state index is -0.538. The minimum Gasteiger partial charge on any atom is -0.382 e. The molecule has 0 aliphatic rings. The van der Waals surface area contributed by atoms with Gasteiger partial charge >= 0.3 is 0 Å². The summed E-state index contributed by atoms with van der Waals surface area (Å²) in [5.74, 6) is -1.06. The topological polar surface area (TPSA) is 12.0 Å². The lowest BCUT2D eigenvalue weighted by atomic mass is 9.82. The van der Waals surface area contributed by atoms with E-state index in [1.807, 2.05) is 0 Å². The van der Waals surface area contributed by atoms with Crippen molar-refractivity contribution >= 4 is 5.69 Å². The number of hydrogen-bond donors (Lipinski definition) is 1. The molecule has 0 aliphatic heterocycles. The molecule has 0 bridgehead atoms. The molecule has 0 amide bonds. The highest BCUT2D eigenvalue weighted by molar-refractivity contribution is 5.44. The first-order chi connectivity index (χ1) is 9.00. The summed E-state index contributed by atoms with van der Waals surface area (Å²) in [5.41, 5.74) is 0.548. The van der Waals surface area contributed by atoms with E-state index < -0.39 is 11.6 Å². The van der Waals surface area contributed by atoms with E-state index >= 15 is 0 Å². The maximum absolute atomic E-state index is 13.5. The molecule has 0 radical (unpaired) electrons. The summed E-state index contributed by atoms with van der Waals surface area (Å²) in [6.07, 6.45) is 5.83. The van der Waals surface area contributed by atoms with Gasteiger partial charge in [-0.2, -0.15) is 0 Å². The van der Waals surface area contributed by atoms with Gasteiger partial charge in [0.05, 0.1) is 5.69 Å². The van der Waals surface area contributed by atoms with Crippen molar-refractivity contribution in [3.8, 4) is 0 Å². The third-order valence-electron chi connectivity index (χ3n) is 3.87. The molecule has 1 unspecified atom stereocenters. The molecule has 108 valence electrons. The van der Waals surface area contributed by atoms with Crippen LogP contribution in [0.25, 0.3) is 0 Å². The number of unbranched alkanes of at least 4 members (excludes halogenated alkanes) is 2. The Bertz CT molecular complexity index is 392. The third kappa shape index (κ3) is 5.17. The van der Waals surface area contributed by atoms with Crippen molar-refractivity contribution in [3.63, 3.8) is 0 Å². The summed E-state index contributed by atoms with van der Waals surface area (Å²) in [5, 5.41) is 3.12. The van der Waals surface area contributed by atoms with Crippen LogP contribution in [0.4, 0.5) is 14.5 Å². The van der Waals surface area contributed by atoms with E-state index in [-0.39, 0.29) is 5.41 Å². The van der Waals surface area contributed by atoms with E-state index in [1.54, 1.807) is 0 Å². The fourth-order valence-electron chi connectivity index (χ4n) is 2.13.